The second-order valence-corrected chi connectivity index (χ2v) is 7.17. The van der Waals surface area contributed by atoms with Crippen molar-refractivity contribution in [3.05, 3.63) is 69.8 Å². The molecule has 2 aromatic rings. The van der Waals surface area contributed by atoms with Gasteiger partial charge in [0.15, 0.2) is 0 Å². The topological polar surface area (TPSA) is 101 Å². The molecule has 7 nitrogen and oxygen atoms in total. The van der Waals surface area contributed by atoms with Crippen LogP contribution in [-0.2, 0) is 11.0 Å². The lowest BCUT2D eigenvalue weighted by Gasteiger charge is -2.19. The molecule has 30 heavy (non-hydrogen) atoms. The van der Waals surface area contributed by atoms with Crippen LogP contribution in [-0.4, -0.2) is 34.8 Å². The number of nitrogens with one attached hydrogen (secondary N) is 2. The predicted octanol–water partition coefficient (Wildman–Crippen LogP) is 4.10. The van der Waals surface area contributed by atoms with E-state index >= 15 is 0 Å². The predicted molar refractivity (Wildman–Crippen MR) is 107 cm³/mol. The van der Waals surface area contributed by atoms with Crippen LogP contribution in [0.15, 0.2) is 48.5 Å². The third-order valence-electron chi connectivity index (χ3n) is 4.01. The van der Waals surface area contributed by atoms with E-state index in [9.17, 15) is 32.9 Å². The van der Waals surface area contributed by atoms with Crippen molar-refractivity contribution in [3.63, 3.8) is 0 Å². The van der Waals surface area contributed by atoms with E-state index in [0.717, 1.165) is 24.3 Å². The summed E-state index contributed by atoms with van der Waals surface area (Å²) in [6, 6.07) is 8.10. The number of anilines is 1. The van der Waals surface area contributed by atoms with Gasteiger partial charge in [-0.25, -0.2) is 0 Å². The van der Waals surface area contributed by atoms with Crippen molar-refractivity contribution in [2.45, 2.75) is 18.6 Å². The Kier molecular flexibility index (Phi) is 7.81. The van der Waals surface area contributed by atoms with Crippen LogP contribution >= 0.6 is 11.8 Å². The van der Waals surface area contributed by atoms with Crippen LogP contribution in [0.2, 0.25) is 0 Å². The largest absolute Gasteiger partial charge is 0.416 e. The number of non-ortho nitro benzene ring substituents is 1. The van der Waals surface area contributed by atoms with Gasteiger partial charge in [-0.2, -0.15) is 24.9 Å². The molecule has 2 aromatic carbocycles. The SMILES string of the molecule is CSCCC(NC(=O)c1cccc([N+](=O)[O-])c1)C(=O)Nc1cccc(C(F)(F)F)c1. The fourth-order valence-electron chi connectivity index (χ4n) is 2.51. The van der Waals surface area contributed by atoms with Gasteiger partial charge in [0.1, 0.15) is 6.04 Å². The van der Waals surface area contributed by atoms with Crippen molar-refractivity contribution < 1.29 is 27.7 Å². The second kappa shape index (κ2) is 10.1. The molecule has 0 aliphatic carbocycles. The highest BCUT2D eigenvalue weighted by Crippen LogP contribution is 2.30. The number of thioether (sulfide) groups is 1. The molecule has 0 aromatic heterocycles. The number of halogens is 3. The number of rotatable bonds is 8. The summed E-state index contributed by atoms with van der Waals surface area (Å²) >= 11 is 1.42. The lowest BCUT2D eigenvalue weighted by atomic mass is 10.1. The van der Waals surface area contributed by atoms with Gasteiger partial charge in [0.25, 0.3) is 11.6 Å². The van der Waals surface area contributed by atoms with Crippen molar-refractivity contribution in [3.8, 4) is 0 Å². The van der Waals surface area contributed by atoms with Gasteiger partial charge in [0, 0.05) is 23.4 Å². The van der Waals surface area contributed by atoms with Gasteiger partial charge in [-0.3, -0.25) is 19.7 Å². The lowest BCUT2D eigenvalue weighted by Crippen LogP contribution is -2.44. The normalized spacial score (nSPS) is 12.1. The van der Waals surface area contributed by atoms with Crippen LogP contribution in [0.25, 0.3) is 0 Å². The standard InChI is InChI=1S/C19H18F3N3O4S/c1-30-9-8-16(24-17(26)12-4-2-7-15(10-12)25(28)29)18(27)23-14-6-3-5-13(11-14)19(20,21)22/h2-7,10-11,16H,8-9H2,1H3,(H,23,27)(H,24,26). The van der Waals surface area contributed by atoms with Gasteiger partial charge in [-0.05, 0) is 42.7 Å². The fourth-order valence-corrected chi connectivity index (χ4v) is 2.98. The monoisotopic (exact) mass is 441 g/mol. The van der Waals surface area contributed by atoms with E-state index in [1.54, 1.807) is 6.26 Å². The van der Waals surface area contributed by atoms with E-state index in [2.05, 4.69) is 10.6 Å². The van der Waals surface area contributed by atoms with Crippen molar-refractivity contribution in [2.75, 3.05) is 17.3 Å². The Morgan fingerprint density at radius 1 is 1.17 bits per heavy atom. The first kappa shape index (κ1) is 23.2. The van der Waals surface area contributed by atoms with Gasteiger partial charge in [-0.1, -0.05) is 12.1 Å². The van der Waals surface area contributed by atoms with Crippen LogP contribution in [0.1, 0.15) is 22.3 Å². The van der Waals surface area contributed by atoms with E-state index < -0.39 is 34.5 Å². The first-order valence-corrected chi connectivity index (χ1v) is 10.0. The van der Waals surface area contributed by atoms with Gasteiger partial charge >= 0.3 is 6.18 Å². The maximum absolute atomic E-state index is 12.9. The highest BCUT2D eigenvalue weighted by Gasteiger charge is 2.31. The molecule has 0 saturated carbocycles. The van der Waals surface area contributed by atoms with Crippen LogP contribution in [0, 0.1) is 10.1 Å². The third kappa shape index (κ3) is 6.48. The molecule has 0 fully saturated rings. The molecule has 0 bridgehead atoms. The maximum Gasteiger partial charge on any atom is 0.416 e. The number of benzene rings is 2. The minimum Gasteiger partial charge on any atom is -0.340 e. The van der Waals surface area contributed by atoms with Crippen LogP contribution < -0.4 is 10.6 Å². The van der Waals surface area contributed by atoms with Crippen LogP contribution in [0.4, 0.5) is 24.5 Å². The molecule has 0 spiro atoms. The molecule has 0 saturated heterocycles. The summed E-state index contributed by atoms with van der Waals surface area (Å²) in [5.74, 6) is -0.901. The summed E-state index contributed by atoms with van der Waals surface area (Å²) in [7, 11) is 0. The molecule has 2 N–H and O–H groups in total. The molecule has 0 aliphatic heterocycles. The average molecular weight is 441 g/mol. The molecule has 2 rings (SSSR count). The van der Waals surface area contributed by atoms with Crippen molar-refractivity contribution in [2.24, 2.45) is 0 Å². The summed E-state index contributed by atoms with van der Waals surface area (Å²) in [4.78, 5) is 35.3. The summed E-state index contributed by atoms with van der Waals surface area (Å²) in [5.41, 5.74) is -1.27. The Morgan fingerprint density at radius 2 is 1.87 bits per heavy atom. The van der Waals surface area contributed by atoms with Gasteiger partial charge in [0.2, 0.25) is 5.91 Å². The first-order chi connectivity index (χ1) is 14.1. The van der Waals surface area contributed by atoms with E-state index in [0.29, 0.717) is 5.75 Å². The zero-order valence-corrected chi connectivity index (χ0v) is 16.5. The number of carbonyl (C=O) groups excluding carboxylic acids is 2. The van der Waals surface area contributed by atoms with E-state index in [1.807, 2.05) is 0 Å². The number of hydrogen-bond donors (Lipinski definition) is 2. The molecule has 160 valence electrons. The zero-order valence-electron chi connectivity index (χ0n) is 15.7. The molecule has 0 radical (unpaired) electrons. The van der Waals surface area contributed by atoms with Crippen LogP contribution in [0.3, 0.4) is 0 Å². The molecule has 0 heterocycles. The first-order valence-electron chi connectivity index (χ1n) is 8.64. The lowest BCUT2D eigenvalue weighted by molar-refractivity contribution is -0.384. The van der Waals surface area contributed by atoms with Gasteiger partial charge in [0.05, 0.1) is 10.5 Å². The summed E-state index contributed by atoms with van der Waals surface area (Å²) in [6.45, 7) is 0. The zero-order chi connectivity index (χ0) is 22.3. The third-order valence-corrected chi connectivity index (χ3v) is 4.65. The highest BCUT2D eigenvalue weighted by atomic mass is 32.2. The summed E-state index contributed by atoms with van der Waals surface area (Å²) < 4.78 is 38.6. The van der Waals surface area contributed by atoms with E-state index in [-0.39, 0.29) is 23.4 Å². The molecular formula is C19H18F3N3O4S. The van der Waals surface area contributed by atoms with Crippen molar-refractivity contribution in [1.82, 2.24) is 5.32 Å². The smallest absolute Gasteiger partial charge is 0.340 e. The Labute approximate surface area is 174 Å². The Bertz CT molecular complexity index is 937. The van der Waals surface area contributed by atoms with E-state index in [4.69, 9.17) is 0 Å². The number of nitro groups is 1. The van der Waals surface area contributed by atoms with Crippen molar-refractivity contribution in [1.29, 1.82) is 0 Å². The molecule has 1 unspecified atom stereocenters. The minimum absolute atomic E-state index is 0.00906. The Balaban J connectivity index is 2.16. The van der Waals surface area contributed by atoms with E-state index in [1.165, 1.54) is 36.0 Å². The number of nitrogens with zero attached hydrogens (tertiary/aromatic N) is 1. The molecular weight excluding hydrogens is 423 g/mol. The number of amides is 2. The molecule has 2 amide bonds. The van der Waals surface area contributed by atoms with Gasteiger partial charge < -0.3 is 10.6 Å². The number of carbonyl (C=O) groups is 2. The number of hydrogen-bond acceptors (Lipinski definition) is 5. The number of nitro benzene ring substituents is 1. The molecule has 11 heteroatoms. The molecule has 1 atom stereocenters. The average Bonchev–Trinajstić information content (AvgIpc) is 2.70. The quantitative estimate of drug-likeness (QED) is 0.474. The highest BCUT2D eigenvalue weighted by molar-refractivity contribution is 7.98. The minimum atomic E-state index is -4.56. The van der Waals surface area contributed by atoms with Gasteiger partial charge in [-0.15, -0.1) is 0 Å². The van der Waals surface area contributed by atoms with Crippen molar-refractivity contribution >= 4 is 35.0 Å². The fraction of sp³-hybridized carbons (Fsp3) is 0.263. The second-order valence-electron chi connectivity index (χ2n) is 6.18. The molecule has 0 aliphatic rings. The Hall–Kier alpha value is -3.08. The Morgan fingerprint density at radius 3 is 2.50 bits per heavy atom. The summed E-state index contributed by atoms with van der Waals surface area (Å²) in [6.07, 6.45) is -2.55. The maximum atomic E-state index is 12.9. The van der Waals surface area contributed by atoms with Crippen LogP contribution in [0.5, 0.6) is 0 Å². The summed E-state index contributed by atoms with van der Waals surface area (Å²) in [5, 5.41) is 15.7. The number of alkyl halides is 3.